The maximum atomic E-state index is 10.0. The van der Waals surface area contributed by atoms with Gasteiger partial charge in [0.05, 0.1) is 6.61 Å². The zero-order valence-corrected chi connectivity index (χ0v) is 4.23. The maximum Gasteiger partial charge on any atom is 0.594 e. The summed E-state index contributed by atoms with van der Waals surface area (Å²) in [6.07, 6.45) is -0.484. The van der Waals surface area contributed by atoms with Gasteiger partial charge in [0.25, 0.3) is 0 Å². The smallest absolute Gasteiger partial charge is 0.412 e. The van der Waals surface area contributed by atoms with Crippen molar-refractivity contribution in [3.8, 4) is 0 Å². The van der Waals surface area contributed by atoms with Crippen LogP contribution in [0.5, 0.6) is 0 Å². The van der Waals surface area contributed by atoms with Crippen LogP contribution in [0.4, 0.5) is 4.79 Å². The molecule has 0 radical (unpaired) electrons. The predicted octanol–water partition coefficient (Wildman–Crippen LogP) is -1.08. The summed E-state index contributed by atoms with van der Waals surface area (Å²) in [6, 6.07) is 0. The summed E-state index contributed by atoms with van der Waals surface area (Å²) in [4.78, 5) is 12.1. The van der Waals surface area contributed by atoms with Gasteiger partial charge in [0.2, 0.25) is 0 Å². The lowest BCUT2D eigenvalue weighted by atomic mass is 10.9. The Hall–Kier alpha value is -0.860. The molecular weight excluding hydrogens is 94.0 g/mol. The molecule has 0 saturated carbocycles. The SMILES string of the molecule is C=[NH+]C(=O)OCC. The van der Waals surface area contributed by atoms with Gasteiger partial charge in [-0.3, -0.25) is 0 Å². The Morgan fingerprint density at radius 2 is 2.57 bits per heavy atom. The van der Waals surface area contributed by atoms with E-state index in [-0.39, 0.29) is 0 Å². The van der Waals surface area contributed by atoms with Gasteiger partial charge in [-0.1, -0.05) is 0 Å². The van der Waals surface area contributed by atoms with Crippen LogP contribution in [0.25, 0.3) is 0 Å². The van der Waals surface area contributed by atoms with Crippen LogP contribution in [-0.4, -0.2) is 19.4 Å². The number of hydrogen-bond acceptors (Lipinski definition) is 2. The molecule has 0 aliphatic carbocycles. The van der Waals surface area contributed by atoms with Gasteiger partial charge in [-0.25, -0.2) is 0 Å². The predicted molar refractivity (Wildman–Crippen MR) is 25.1 cm³/mol. The fourth-order valence-corrected chi connectivity index (χ4v) is 0.182. The third kappa shape index (κ3) is 2.96. The van der Waals surface area contributed by atoms with E-state index in [2.05, 4.69) is 16.4 Å². The van der Waals surface area contributed by atoms with E-state index in [0.29, 0.717) is 6.61 Å². The second kappa shape index (κ2) is 3.33. The number of carbonyl (C=O) groups is 1. The van der Waals surface area contributed by atoms with Gasteiger partial charge in [-0.15, -0.1) is 4.99 Å². The number of ether oxygens (including phenoxy) is 1. The van der Waals surface area contributed by atoms with Gasteiger partial charge in [-0.2, -0.15) is 4.79 Å². The van der Waals surface area contributed by atoms with E-state index in [4.69, 9.17) is 0 Å². The number of carbonyl (C=O) groups excluding carboxylic acids is 1. The molecule has 0 spiro atoms. The largest absolute Gasteiger partial charge is 0.594 e. The fraction of sp³-hybridized carbons (Fsp3) is 0.500. The number of amides is 1. The lowest BCUT2D eigenvalue weighted by Gasteiger charge is -1.84. The van der Waals surface area contributed by atoms with Crippen LogP contribution < -0.4 is 4.99 Å². The monoisotopic (exact) mass is 102 g/mol. The molecule has 1 amide bonds. The Bertz CT molecular complexity index is 79.8. The molecule has 0 heterocycles. The van der Waals surface area contributed by atoms with E-state index in [1.807, 2.05) is 0 Å². The summed E-state index contributed by atoms with van der Waals surface area (Å²) in [5.74, 6) is 0. The van der Waals surface area contributed by atoms with E-state index < -0.39 is 6.09 Å². The molecule has 1 N–H and O–H groups in total. The summed E-state index contributed by atoms with van der Waals surface area (Å²) in [6.45, 7) is 5.20. The Labute approximate surface area is 42.0 Å². The molecule has 7 heavy (non-hydrogen) atoms. The Morgan fingerprint density at radius 3 is 2.71 bits per heavy atom. The summed E-state index contributed by atoms with van der Waals surface area (Å²) < 4.78 is 4.38. The summed E-state index contributed by atoms with van der Waals surface area (Å²) in [5.41, 5.74) is 0. The minimum absolute atomic E-state index is 0.390. The lowest BCUT2D eigenvalue weighted by molar-refractivity contribution is -0.358. The first-order chi connectivity index (χ1) is 3.31. The lowest BCUT2D eigenvalue weighted by Crippen LogP contribution is -2.71. The second-order valence-corrected chi connectivity index (χ2v) is 0.897. The summed E-state index contributed by atoms with van der Waals surface area (Å²) in [7, 11) is 0. The average Bonchev–Trinajstić information content (AvgIpc) is 1.68. The van der Waals surface area contributed by atoms with Gasteiger partial charge in [-0.05, 0) is 6.92 Å². The van der Waals surface area contributed by atoms with Crippen molar-refractivity contribution < 1.29 is 14.5 Å². The topological polar surface area (TPSA) is 40.3 Å². The van der Waals surface area contributed by atoms with Crippen molar-refractivity contribution in [1.82, 2.24) is 0 Å². The van der Waals surface area contributed by atoms with Crippen LogP contribution >= 0.6 is 0 Å². The van der Waals surface area contributed by atoms with Crippen LogP contribution in [0.1, 0.15) is 6.92 Å². The van der Waals surface area contributed by atoms with Crippen LogP contribution in [-0.2, 0) is 4.74 Å². The van der Waals surface area contributed by atoms with Crippen molar-refractivity contribution in [2.24, 2.45) is 0 Å². The van der Waals surface area contributed by atoms with E-state index in [0.717, 1.165) is 0 Å². The zero-order valence-electron chi connectivity index (χ0n) is 4.23. The third-order valence-electron chi connectivity index (χ3n) is 0.420. The van der Waals surface area contributed by atoms with Crippen molar-refractivity contribution in [2.75, 3.05) is 6.61 Å². The first-order valence-electron chi connectivity index (χ1n) is 2.01. The molecule has 0 aromatic rings. The highest BCUT2D eigenvalue weighted by Crippen LogP contribution is 1.64. The van der Waals surface area contributed by atoms with Crippen molar-refractivity contribution in [3.63, 3.8) is 0 Å². The summed E-state index contributed by atoms with van der Waals surface area (Å²) in [5, 5.41) is 0. The number of nitrogens with one attached hydrogen (secondary N) is 1. The zero-order chi connectivity index (χ0) is 5.70. The van der Waals surface area contributed by atoms with E-state index in [1.54, 1.807) is 6.92 Å². The average molecular weight is 102 g/mol. The molecule has 3 nitrogen and oxygen atoms in total. The van der Waals surface area contributed by atoms with Crippen molar-refractivity contribution in [1.29, 1.82) is 0 Å². The Kier molecular flexibility index (Phi) is 2.92. The molecule has 3 heteroatoms. The minimum atomic E-state index is -0.484. The van der Waals surface area contributed by atoms with Gasteiger partial charge >= 0.3 is 6.09 Å². The molecule has 0 aromatic heterocycles. The molecule has 0 aromatic carbocycles. The second-order valence-electron chi connectivity index (χ2n) is 0.897. The number of rotatable bonds is 1. The molecule has 0 unspecified atom stereocenters. The molecule has 0 fully saturated rings. The molecule has 0 atom stereocenters. The molecule has 0 bridgehead atoms. The van der Waals surface area contributed by atoms with E-state index >= 15 is 0 Å². The first-order valence-corrected chi connectivity index (χ1v) is 2.01. The molecule has 0 aliphatic rings. The third-order valence-corrected chi connectivity index (χ3v) is 0.420. The Morgan fingerprint density at radius 1 is 2.00 bits per heavy atom. The van der Waals surface area contributed by atoms with Crippen molar-refractivity contribution in [3.05, 3.63) is 0 Å². The molecule has 0 aliphatic heterocycles. The summed E-state index contributed by atoms with van der Waals surface area (Å²) >= 11 is 0. The van der Waals surface area contributed by atoms with E-state index in [9.17, 15) is 4.79 Å². The highest BCUT2D eigenvalue weighted by Gasteiger charge is 1.97. The molecule has 40 valence electrons. The van der Waals surface area contributed by atoms with Gasteiger partial charge in [0.15, 0.2) is 0 Å². The highest BCUT2D eigenvalue weighted by atomic mass is 16.5. The molecular formula is C4H8NO2+. The Balaban J connectivity index is 3.17. The quantitative estimate of drug-likeness (QED) is 0.428. The molecule has 0 saturated heterocycles. The van der Waals surface area contributed by atoms with Crippen LogP contribution in [0.15, 0.2) is 0 Å². The van der Waals surface area contributed by atoms with Gasteiger partial charge in [0, 0.05) is 0 Å². The van der Waals surface area contributed by atoms with Gasteiger partial charge in [0.1, 0.15) is 6.72 Å². The van der Waals surface area contributed by atoms with Gasteiger partial charge < -0.3 is 4.74 Å². The van der Waals surface area contributed by atoms with Crippen LogP contribution in [0, 0.1) is 0 Å². The van der Waals surface area contributed by atoms with Crippen LogP contribution in [0.2, 0.25) is 0 Å². The highest BCUT2D eigenvalue weighted by molar-refractivity contribution is 5.56. The van der Waals surface area contributed by atoms with Crippen LogP contribution in [0.3, 0.4) is 0 Å². The minimum Gasteiger partial charge on any atom is -0.412 e. The van der Waals surface area contributed by atoms with Crippen molar-refractivity contribution in [2.45, 2.75) is 6.92 Å². The van der Waals surface area contributed by atoms with E-state index in [1.165, 1.54) is 0 Å². The maximum absolute atomic E-state index is 10.0. The normalized spacial score (nSPS) is 7.57. The number of hydrogen-bond donors (Lipinski definition) is 1. The fourth-order valence-electron chi connectivity index (χ4n) is 0.182. The first kappa shape index (κ1) is 6.14. The van der Waals surface area contributed by atoms with Crippen molar-refractivity contribution >= 4 is 12.8 Å². The standard InChI is InChI=1S/C4H7NO2/c1-3-7-4(6)5-2/h2-3H2,1H3/p+1. The molecule has 0 rings (SSSR count).